The van der Waals surface area contributed by atoms with Gasteiger partial charge >= 0.3 is 0 Å². The zero-order valence-electron chi connectivity index (χ0n) is 23.1. The minimum atomic E-state index is -0.337. The predicted molar refractivity (Wildman–Crippen MR) is 157 cm³/mol. The third kappa shape index (κ3) is 5.81. The molecule has 1 amide bonds. The molecule has 10 nitrogen and oxygen atoms in total. The van der Waals surface area contributed by atoms with Crippen molar-refractivity contribution >= 4 is 34.4 Å². The number of aryl methyl sites for hydroxylation is 2. The van der Waals surface area contributed by atoms with E-state index in [-0.39, 0.29) is 17.4 Å². The fourth-order valence-corrected chi connectivity index (χ4v) is 5.03. The molecule has 4 heterocycles. The number of hydrogen-bond donors (Lipinski definition) is 1. The minimum Gasteiger partial charge on any atom is -0.472 e. The molecular weight excluding hydrogens is 542 g/mol. The average molecular weight is 572 g/mol. The maximum Gasteiger partial charge on any atom is 0.257 e. The molecule has 0 spiro atoms. The molecule has 1 aliphatic rings. The molecule has 210 valence electrons. The molecule has 6 rings (SSSR count). The van der Waals surface area contributed by atoms with Crippen molar-refractivity contribution in [1.82, 2.24) is 29.3 Å². The van der Waals surface area contributed by atoms with E-state index in [9.17, 15) is 4.79 Å². The highest BCUT2D eigenvalue weighted by Gasteiger charge is 2.19. The van der Waals surface area contributed by atoms with Crippen molar-refractivity contribution < 1.29 is 13.9 Å². The lowest BCUT2D eigenvalue weighted by Crippen LogP contribution is -2.43. The average Bonchev–Trinajstić information content (AvgIpc) is 3.63. The van der Waals surface area contributed by atoms with Crippen molar-refractivity contribution in [3.8, 4) is 23.0 Å². The molecule has 0 atom stereocenters. The number of amides is 1. The van der Waals surface area contributed by atoms with E-state index >= 15 is 0 Å². The number of carbonyl (C=O) groups is 1. The van der Waals surface area contributed by atoms with Crippen molar-refractivity contribution in [1.29, 1.82) is 0 Å². The summed E-state index contributed by atoms with van der Waals surface area (Å²) < 4.78 is 13.1. The van der Waals surface area contributed by atoms with Crippen LogP contribution in [-0.2, 0) is 13.6 Å². The molecule has 0 radical (unpaired) electrons. The Balaban J connectivity index is 1.21. The second-order valence-electron chi connectivity index (χ2n) is 10.3. The molecule has 0 unspecified atom stereocenters. The van der Waals surface area contributed by atoms with Gasteiger partial charge in [0.15, 0.2) is 17.0 Å². The smallest absolute Gasteiger partial charge is 0.257 e. The molecule has 41 heavy (non-hydrogen) atoms. The standard InChI is InChI=1S/C30H30ClN7O3/c1-19-14-22(5-4-20(19)16-38-11-9-36(2)10-12-38)33-29(39)24-15-23(6-7-25(24)31)41-30-26-28(37(3)18-32-26)34-27(35-30)21-8-13-40-17-21/h4-8,13-15,17-18H,9-12,16H2,1-3H3,(H,33,39). The number of nitrogens with one attached hydrogen (secondary N) is 1. The minimum absolute atomic E-state index is 0.257. The molecule has 0 saturated carbocycles. The first-order valence-electron chi connectivity index (χ1n) is 13.3. The van der Waals surface area contributed by atoms with Gasteiger partial charge in [-0.1, -0.05) is 17.7 Å². The van der Waals surface area contributed by atoms with E-state index in [0.29, 0.717) is 39.0 Å². The first kappa shape index (κ1) is 26.9. The van der Waals surface area contributed by atoms with Crippen molar-refractivity contribution in [3.05, 3.63) is 83.0 Å². The summed E-state index contributed by atoms with van der Waals surface area (Å²) in [5, 5.41) is 3.29. The van der Waals surface area contributed by atoms with Gasteiger partial charge in [0.25, 0.3) is 11.8 Å². The van der Waals surface area contributed by atoms with Gasteiger partial charge < -0.3 is 23.9 Å². The van der Waals surface area contributed by atoms with Gasteiger partial charge in [0.1, 0.15) is 12.0 Å². The zero-order chi connectivity index (χ0) is 28.5. The molecule has 0 aliphatic carbocycles. The Hall–Kier alpha value is -4.25. The molecule has 5 aromatic rings. The van der Waals surface area contributed by atoms with Crippen LogP contribution in [0.4, 0.5) is 5.69 Å². The normalized spacial score (nSPS) is 14.4. The second kappa shape index (κ2) is 11.3. The van der Waals surface area contributed by atoms with E-state index in [4.69, 9.17) is 20.8 Å². The number of benzene rings is 2. The SMILES string of the molecule is Cc1cc(NC(=O)c2cc(Oc3nc(-c4ccoc4)nc4c3ncn4C)ccc2Cl)ccc1CN1CCN(C)CC1. The van der Waals surface area contributed by atoms with Crippen molar-refractivity contribution in [2.75, 3.05) is 38.5 Å². The summed E-state index contributed by atoms with van der Waals surface area (Å²) in [5.74, 6) is 0.744. The van der Waals surface area contributed by atoms with Crippen molar-refractivity contribution in [2.24, 2.45) is 7.05 Å². The number of likely N-dealkylation sites (N-methyl/N-ethyl adjacent to an activating group) is 1. The topological polar surface area (TPSA) is 102 Å². The van der Waals surface area contributed by atoms with Gasteiger partial charge in [-0.2, -0.15) is 4.98 Å². The Morgan fingerprint density at radius 2 is 1.90 bits per heavy atom. The van der Waals surface area contributed by atoms with E-state index < -0.39 is 0 Å². The van der Waals surface area contributed by atoms with Gasteiger partial charge in [-0.15, -0.1) is 0 Å². The van der Waals surface area contributed by atoms with Crippen LogP contribution in [0.1, 0.15) is 21.5 Å². The van der Waals surface area contributed by atoms with Gasteiger partial charge in [-0.25, -0.2) is 9.97 Å². The molecule has 1 fully saturated rings. The molecule has 0 bridgehead atoms. The summed E-state index contributed by atoms with van der Waals surface area (Å²) >= 11 is 6.45. The lowest BCUT2D eigenvalue weighted by atomic mass is 10.1. The lowest BCUT2D eigenvalue weighted by Gasteiger charge is -2.32. The number of nitrogens with zero attached hydrogens (tertiary/aromatic N) is 6. The highest BCUT2D eigenvalue weighted by atomic mass is 35.5. The summed E-state index contributed by atoms with van der Waals surface area (Å²) in [7, 11) is 4.00. The molecule has 1 saturated heterocycles. The number of piperazine rings is 1. The Kier molecular flexibility index (Phi) is 7.44. The molecule has 1 aliphatic heterocycles. The Labute approximate surface area is 242 Å². The number of hydrogen-bond acceptors (Lipinski definition) is 8. The third-order valence-electron chi connectivity index (χ3n) is 7.29. The summed E-state index contributed by atoms with van der Waals surface area (Å²) in [6.07, 6.45) is 4.76. The van der Waals surface area contributed by atoms with Crippen LogP contribution in [-0.4, -0.2) is 68.5 Å². The third-order valence-corrected chi connectivity index (χ3v) is 7.62. The first-order chi connectivity index (χ1) is 19.8. The molecule has 1 N–H and O–H groups in total. The van der Waals surface area contributed by atoms with E-state index in [1.807, 2.05) is 19.2 Å². The van der Waals surface area contributed by atoms with Crippen LogP contribution in [0.25, 0.3) is 22.6 Å². The number of furan rings is 1. The lowest BCUT2D eigenvalue weighted by molar-refractivity contribution is 0.102. The summed E-state index contributed by atoms with van der Waals surface area (Å²) in [6.45, 7) is 7.22. The predicted octanol–water partition coefficient (Wildman–Crippen LogP) is 5.38. The maximum absolute atomic E-state index is 13.3. The van der Waals surface area contributed by atoms with E-state index in [2.05, 4.69) is 50.1 Å². The van der Waals surface area contributed by atoms with Crippen molar-refractivity contribution in [3.63, 3.8) is 0 Å². The van der Waals surface area contributed by atoms with Crippen molar-refractivity contribution in [2.45, 2.75) is 13.5 Å². The highest BCUT2D eigenvalue weighted by molar-refractivity contribution is 6.34. The van der Waals surface area contributed by atoms with Gasteiger partial charge in [0.05, 0.1) is 28.7 Å². The molecule has 2 aromatic carbocycles. The van der Waals surface area contributed by atoms with Crippen LogP contribution in [0.3, 0.4) is 0 Å². The largest absolute Gasteiger partial charge is 0.472 e. The zero-order valence-corrected chi connectivity index (χ0v) is 23.9. The molecule has 3 aromatic heterocycles. The summed E-state index contributed by atoms with van der Waals surface area (Å²) in [6, 6.07) is 12.7. The fraction of sp³-hybridized carbons (Fsp3) is 0.267. The van der Waals surface area contributed by atoms with Crippen LogP contribution in [0, 0.1) is 6.92 Å². The quantitative estimate of drug-likeness (QED) is 0.278. The number of anilines is 1. The van der Waals surface area contributed by atoms with Gasteiger partial charge in [-0.3, -0.25) is 9.69 Å². The van der Waals surface area contributed by atoms with Gasteiger partial charge in [0, 0.05) is 45.5 Å². The van der Waals surface area contributed by atoms with Gasteiger partial charge in [-0.05, 0) is 61.5 Å². The van der Waals surface area contributed by atoms with Crippen LogP contribution in [0.2, 0.25) is 5.02 Å². The Morgan fingerprint density at radius 3 is 2.66 bits per heavy atom. The number of imidazole rings is 1. The van der Waals surface area contributed by atoms with E-state index in [1.54, 1.807) is 47.7 Å². The molecular formula is C30H30ClN7O3. The van der Waals surface area contributed by atoms with Crippen LogP contribution >= 0.6 is 11.6 Å². The Bertz CT molecular complexity index is 1710. The van der Waals surface area contributed by atoms with Crippen LogP contribution < -0.4 is 10.1 Å². The number of rotatable bonds is 7. The number of aromatic nitrogens is 4. The number of ether oxygens (including phenoxy) is 1. The van der Waals surface area contributed by atoms with Crippen LogP contribution in [0.5, 0.6) is 11.6 Å². The maximum atomic E-state index is 13.3. The molecule has 11 heteroatoms. The van der Waals surface area contributed by atoms with E-state index in [0.717, 1.165) is 38.3 Å². The Morgan fingerprint density at radius 1 is 1.07 bits per heavy atom. The number of carbonyl (C=O) groups excluding carboxylic acids is 1. The second-order valence-corrected chi connectivity index (χ2v) is 10.7. The number of fused-ring (bicyclic) bond motifs is 1. The van der Waals surface area contributed by atoms with Gasteiger partial charge in [0.2, 0.25) is 0 Å². The number of halogens is 1. The first-order valence-corrected chi connectivity index (χ1v) is 13.7. The highest BCUT2D eigenvalue weighted by Crippen LogP contribution is 2.31. The van der Waals surface area contributed by atoms with Crippen LogP contribution in [0.15, 0.2) is 65.7 Å². The van der Waals surface area contributed by atoms with E-state index in [1.165, 1.54) is 5.56 Å². The fourth-order valence-electron chi connectivity index (χ4n) is 4.82. The monoisotopic (exact) mass is 571 g/mol. The summed E-state index contributed by atoms with van der Waals surface area (Å²) in [5.41, 5.74) is 5.16. The summed E-state index contributed by atoms with van der Waals surface area (Å²) in [4.78, 5) is 31.7.